The fourth-order valence-electron chi connectivity index (χ4n) is 3.08. The predicted octanol–water partition coefficient (Wildman–Crippen LogP) is 3.37. The number of aromatic nitrogens is 2. The number of rotatable bonds is 4. The molecule has 0 aliphatic heterocycles. The van der Waals surface area contributed by atoms with Gasteiger partial charge in [-0.1, -0.05) is 0 Å². The van der Waals surface area contributed by atoms with Gasteiger partial charge in [0.15, 0.2) is 0 Å². The zero-order chi connectivity index (χ0) is 17.3. The van der Waals surface area contributed by atoms with E-state index in [1.54, 1.807) is 0 Å². The normalized spacial score (nSPS) is 13.7. The fraction of sp³-hybridized carbons (Fsp3) is 0.529. The van der Waals surface area contributed by atoms with Gasteiger partial charge >= 0.3 is 6.03 Å². The smallest absolute Gasteiger partial charge is 0.315 e. The molecule has 0 aliphatic carbocycles. The number of carbonyl (C=O) groups is 1. The third-order valence-corrected chi connectivity index (χ3v) is 4.24. The third-order valence-electron chi connectivity index (χ3n) is 4.24. The molecule has 126 valence electrons. The molecule has 0 saturated carbocycles. The maximum absolute atomic E-state index is 12.3. The molecule has 0 spiro atoms. The molecule has 2 aromatic rings. The maximum Gasteiger partial charge on any atom is 0.315 e. The third kappa shape index (κ3) is 3.57. The highest BCUT2D eigenvalue weighted by atomic mass is 16.3. The molecule has 2 atom stereocenters. The summed E-state index contributed by atoms with van der Waals surface area (Å²) >= 11 is 0. The molecule has 0 bridgehead atoms. The SMILES string of the molecule is Cc1cc([C@H](C)NC(=O)N[C@@H](C)c2c(C)nn(C)c2C)c(C)o1. The van der Waals surface area contributed by atoms with Crippen molar-refractivity contribution < 1.29 is 9.21 Å². The van der Waals surface area contributed by atoms with E-state index in [1.165, 1.54) is 0 Å². The molecule has 0 aliphatic rings. The lowest BCUT2D eigenvalue weighted by Crippen LogP contribution is -2.38. The highest BCUT2D eigenvalue weighted by Crippen LogP contribution is 2.22. The van der Waals surface area contributed by atoms with E-state index < -0.39 is 0 Å². The predicted molar refractivity (Wildman–Crippen MR) is 89.4 cm³/mol. The number of urea groups is 1. The molecular formula is C17H26N4O2. The molecule has 2 heterocycles. The summed E-state index contributed by atoms with van der Waals surface area (Å²) in [4.78, 5) is 12.3. The molecule has 23 heavy (non-hydrogen) atoms. The first kappa shape index (κ1) is 17.1. The Bertz CT molecular complexity index is 714. The van der Waals surface area contributed by atoms with Crippen molar-refractivity contribution >= 4 is 6.03 Å². The molecule has 2 aromatic heterocycles. The lowest BCUT2D eigenvalue weighted by atomic mass is 10.1. The summed E-state index contributed by atoms with van der Waals surface area (Å²) in [5, 5.41) is 10.3. The van der Waals surface area contributed by atoms with Crippen molar-refractivity contribution in [2.75, 3.05) is 0 Å². The quantitative estimate of drug-likeness (QED) is 0.908. The summed E-state index contributed by atoms with van der Waals surface area (Å²) in [6.45, 7) is 11.7. The molecule has 0 aromatic carbocycles. The van der Waals surface area contributed by atoms with E-state index in [-0.39, 0.29) is 18.1 Å². The Morgan fingerprint density at radius 2 is 1.78 bits per heavy atom. The number of aryl methyl sites for hydroxylation is 4. The van der Waals surface area contributed by atoms with Crippen LogP contribution < -0.4 is 10.6 Å². The average molecular weight is 318 g/mol. The Hall–Kier alpha value is -2.24. The standard InChI is InChI=1S/C17H26N4O2/c1-9-8-15(14(6)23-9)10(2)18-17(22)19-11(3)16-12(4)20-21(7)13(16)5/h8,10-11H,1-7H3,(H2,18,19,22)/t10-,11-/m0/s1. The molecule has 2 rings (SSSR count). The van der Waals surface area contributed by atoms with Gasteiger partial charge in [0.2, 0.25) is 0 Å². The van der Waals surface area contributed by atoms with Crippen LogP contribution in [0.4, 0.5) is 4.79 Å². The van der Waals surface area contributed by atoms with Gasteiger partial charge < -0.3 is 15.1 Å². The summed E-state index contributed by atoms with van der Waals surface area (Å²) < 4.78 is 7.35. The molecule has 0 unspecified atom stereocenters. The van der Waals surface area contributed by atoms with E-state index >= 15 is 0 Å². The van der Waals surface area contributed by atoms with Crippen LogP contribution in [0.5, 0.6) is 0 Å². The minimum atomic E-state index is -0.203. The van der Waals surface area contributed by atoms with Gasteiger partial charge in [0, 0.05) is 23.9 Å². The van der Waals surface area contributed by atoms with Crippen LogP contribution in [0.1, 0.15) is 60.0 Å². The maximum atomic E-state index is 12.3. The van der Waals surface area contributed by atoms with E-state index in [4.69, 9.17) is 4.42 Å². The zero-order valence-corrected chi connectivity index (χ0v) is 14.9. The second-order valence-corrected chi connectivity index (χ2v) is 6.14. The van der Waals surface area contributed by atoms with E-state index in [1.807, 2.05) is 59.3 Å². The van der Waals surface area contributed by atoms with Gasteiger partial charge in [0.05, 0.1) is 17.8 Å². The van der Waals surface area contributed by atoms with Crippen molar-refractivity contribution in [1.29, 1.82) is 0 Å². The first-order valence-electron chi connectivity index (χ1n) is 7.84. The van der Waals surface area contributed by atoms with E-state index in [9.17, 15) is 4.79 Å². The fourth-order valence-corrected chi connectivity index (χ4v) is 3.08. The van der Waals surface area contributed by atoms with Gasteiger partial charge in [-0.25, -0.2) is 4.79 Å². The van der Waals surface area contributed by atoms with Crippen LogP contribution in [-0.2, 0) is 7.05 Å². The Kier molecular flexibility index (Phi) is 4.82. The molecule has 0 radical (unpaired) electrons. The van der Waals surface area contributed by atoms with Crippen LogP contribution in [0.2, 0.25) is 0 Å². The second-order valence-electron chi connectivity index (χ2n) is 6.14. The largest absolute Gasteiger partial charge is 0.466 e. The summed E-state index contributed by atoms with van der Waals surface area (Å²) in [6.07, 6.45) is 0. The van der Waals surface area contributed by atoms with Crippen LogP contribution in [0.25, 0.3) is 0 Å². The molecule has 6 nitrogen and oxygen atoms in total. The van der Waals surface area contributed by atoms with Crippen molar-refractivity contribution in [3.8, 4) is 0 Å². The van der Waals surface area contributed by atoms with Gasteiger partial charge in [-0.3, -0.25) is 4.68 Å². The molecule has 2 amide bonds. The number of carbonyl (C=O) groups excluding carboxylic acids is 1. The monoisotopic (exact) mass is 318 g/mol. The molecule has 6 heteroatoms. The minimum absolute atomic E-state index is 0.108. The molecule has 0 saturated heterocycles. The van der Waals surface area contributed by atoms with Gasteiger partial charge in [0.1, 0.15) is 11.5 Å². The topological polar surface area (TPSA) is 72.1 Å². The van der Waals surface area contributed by atoms with Crippen molar-refractivity contribution in [3.63, 3.8) is 0 Å². The average Bonchev–Trinajstić information content (AvgIpc) is 2.89. The first-order valence-corrected chi connectivity index (χ1v) is 7.84. The number of nitrogens with one attached hydrogen (secondary N) is 2. The molecule has 0 fully saturated rings. The highest BCUT2D eigenvalue weighted by molar-refractivity contribution is 5.75. The molecule has 2 N–H and O–H groups in total. The lowest BCUT2D eigenvalue weighted by Gasteiger charge is -2.18. The zero-order valence-electron chi connectivity index (χ0n) is 14.9. The number of amides is 2. The number of hydrogen-bond donors (Lipinski definition) is 2. The number of hydrogen-bond acceptors (Lipinski definition) is 3. The summed E-state index contributed by atoms with van der Waals surface area (Å²) in [5.41, 5.74) is 4.06. The van der Waals surface area contributed by atoms with Crippen molar-refractivity contribution in [3.05, 3.63) is 40.1 Å². The Morgan fingerprint density at radius 3 is 2.26 bits per heavy atom. The Labute approximate surface area is 137 Å². The van der Waals surface area contributed by atoms with Crippen LogP contribution in [0.15, 0.2) is 10.5 Å². The first-order chi connectivity index (χ1) is 10.7. The van der Waals surface area contributed by atoms with Gasteiger partial charge in [-0.05, 0) is 47.6 Å². The van der Waals surface area contributed by atoms with Gasteiger partial charge in [0.25, 0.3) is 0 Å². The van der Waals surface area contributed by atoms with Crippen molar-refractivity contribution in [1.82, 2.24) is 20.4 Å². The molecular weight excluding hydrogens is 292 g/mol. The lowest BCUT2D eigenvalue weighted by molar-refractivity contribution is 0.235. The Morgan fingerprint density at radius 1 is 1.17 bits per heavy atom. The van der Waals surface area contributed by atoms with E-state index in [0.717, 1.165) is 34.0 Å². The van der Waals surface area contributed by atoms with E-state index in [0.29, 0.717) is 0 Å². The second kappa shape index (κ2) is 6.48. The van der Waals surface area contributed by atoms with Crippen molar-refractivity contribution in [2.24, 2.45) is 7.05 Å². The van der Waals surface area contributed by atoms with Gasteiger partial charge in [-0.15, -0.1) is 0 Å². The summed E-state index contributed by atoms with van der Waals surface area (Å²) in [5.74, 6) is 1.68. The summed E-state index contributed by atoms with van der Waals surface area (Å²) in [7, 11) is 1.91. The van der Waals surface area contributed by atoms with Crippen LogP contribution in [0, 0.1) is 27.7 Å². The summed E-state index contributed by atoms with van der Waals surface area (Å²) in [6, 6.07) is 1.53. The highest BCUT2D eigenvalue weighted by Gasteiger charge is 2.20. The van der Waals surface area contributed by atoms with Gasteiger partial charge in [-0.2, -0.15) is 5.10 Å². The van der Waals surface area contributed by atoms with Crippen molar-refractivity contribution in [2.45, 2.75) is 53.6 Å². The van der Waals surface area contributed by atoms with Crippen LogP contribution >= 0.6 is 0 Å². The minimum Gasteiger partial charge on any atom is -0.466 e. The van der Waals surface area contributed by atoms with E-state index in [2.05, 4.69) is 15.7 Å². The Balaban J connectivity index is 2.03. The number of furan rings is 1. The van der Waals surface area contributed by atoms with Crippen LogP contribution in [0.3, 0.4) is 0 Å². The van der Waals surface area contributed by atoms with Crippen LogP contribution in [-0.4, -0.2) is 15.8 Å². The number of nitrogens with zero attached hydrogens (tertiary/aromatic N) is 2.